The fourth-order valence-electron chi connectivity index (χ4n) is 2.76. The molecule has 0 spiro atoms. The highest BCUT2D eigenvalue weighted by Gasteiger charge is 2.08. The van der Waals surface area contributed by atoms with Crippen molar-refractivity contribution in [3.05, 3.63) is 70.8 Å². The molecule has 26 heavy (non-hydrogen) atoms. The maximum atomic E-state index is 12.5. The predicted molar refractivity (Wildman–Crippen MR) is 103 cm³/mol. The molecule has 0 unspecified atom stereocenters. The topological polar surface area (TPSA) is 76.0 Å². The van der Waals surface area contributed by atoms with Crippen molar-refractivity contribution in [2.45, 2.75) is 26.4 Å². The molecule has 0 bridgehead atoms. The van der Waals surface area contributed by atoms with Crippen molar-refractivity contribution in [3.63, 3.8) is 0 Å². The fraction of sp³-hybridized carbons (Fsp3) is 0.250. The van der Waals surface area contributed by atoms with Crippen LogP contribution in [0.3, 0.4) is 0 Å². The van der Waals surface area contributed by atoms with Gasteiger partial charge in [-0.15, -0.1) is 0 Å². The molecule has 0 saturated carbocycles. The molecule has 1 amide bonds. The van der Waals surface area contributed by atoms with Crippen LogP contribution in [-0.2, 0) is 17.9 Å². The second-order valence-electron chi connectivity index (χ2n) is 6.00. The number of carbonyl (C=O) groups is 1. The van der Waals surface area contributed by atoms with Gasteiger partial charge in [0.15, 0.2) is 0 Å². The maximum Gasteiger partial charge on any atom is 0.261 e. The van der Waals surface area contributed by atoms with E-state index in [1.165, 1.54) is 10.9 Å². The van der Waals surface area contributed by atoms with Crippen molar-refractivity contribution in [1.82, 2.24) is 14.9 Å². The van der Waals surface area contributed by atoms with E-state index in [4.69, 9.17) is 0 Å². The molecule has 3 aromatic rings. The van der Waals surface area contributed by atoms with Gasteiger partial charge in [-0.05, 0) is 30.3 Å². The summed E-state index contributed by atoms with van der Waals surface area (Å²) < 4.78 is 1.48. The van der Waals surface area contributed by atoms with Gasteiger partial charge in [-0.2, -0.15) is 0 Å². The van der Waals surface area contributed by atoms with Gasteiger partial charge in [-0.25, -0.2) is 4.98 Å². The van der Waals surface area contributed by atoms with Crippen LogP contribution in [0.1, 0.15) is 18.9 Å². The van der Waals surface area contributed by atoms with Crippen LogP contribution in [0.4, 0.5) is 5.69 Å². The minimum Gasteiger partial charge on any atom is -0.326 e. The number of aryl methyl sites for hydroxylation is 1. The van der Waals surface area contributed by atoms with E-state index in [2.05, 4.69) is 15.6 Å². The molecule has 0 saturated heterocycles. The SMILES string of the molecule is CCNCc1ccccc1NC(=O)CCn1cnc2ccccc2c1=O. The Kier molecular flexibility index (Phi) is 5.76. The summed E-state index contributed by atoms with van der Waals surface area (Å²) >= 11 is 0. The van der Waals surface area contributed by atoms with E-state index in [1.807, 2.05) is 43.3 Å². The number of anilines is 1. The highest BCUT2D eigenvalue weighted by molar-refractivity contribution is 5.91. The Balaban J connectivity index is 1.67. The Morgan fingerprint density at radius 2 is 1.88 bits per heavy atom. The quantitative estimate of drug-likeness (QED) is 0.687. The van der Waals surface area contributed by atoms with Gasteiger partial charge < -0.3 is 10.6 Å². The van der Waals surface area contributed by atoms with Crippen molar-refractivity contribution in [2.24, 2.45) is 0 Å². The summed E-state index contributed by atoms with van der Waals surface area (Å²) in [6.45, 7) is 3.88. The molecule has 6 nitrogen and oxygen atoms in total. The summed E-state index contributed by atoms with van der Waals surface area (Å²) in [5, 5.41) is 6.75. The number of hydrogen-bond acceptors (Lipinski definition) is 4. The summed E-state index contributed by atoms with van der Waals surface area (Å²) in [5.74, 6) is -0.131. The smallest absolute Gasteiger partial charge is 0.261 e. The van der Waals surface area contributed by atoms with Crippen molar-refractivity contribution in [3.8, 4) is 0 Å². The van der Waals surface area contributed by atoms with Gasteiger partial charge in [-0.1, -0.05) is 37.3 Å². The molecule has 0 fully saturated rings. The van der Waals surface area contributed by atoms with Crippen LogP contribution < -0.4 is 16.2 Å². The molecule has 3 rings (SSSR count). The first kappa shape index (κ1) is 17.8. The highest BCUT2D eigenvalue weighted by Crippen LogP contribution is 2.15. The molecule has 0 aliphatic heterocycles. The van der Waals surface area contributed by atoms with E-state index in [0.29, 0.717) is 17.4 Å². The molecule has 2 N–H and O–H groups in total. The zero-order valence-corrected chi connectivity index (χ0v) is 14.7. The van der Waals surface area contributed by atoms with Crippen LogP contribution in [0.2, 0.25) is 0 Å². The van der Waals surface area contributed by atoms with Crippen LogP contribution in [-0.4, -0.2) is 22.0 Å². The number of amides is 1. The Labute approximate surface area is 151 Å². The number of carbonyl (C=O) groups excluding carboxylic acids is 1. The van der Waals surface area contributed by atoms with Gasteiger partial charge in [0.05, 0.1) is 17.2 Å². The number of para-hydroxylation sites is 2. The average molecular weight is 350 g/mol. The Bertz CT molecular complexity index is 965. The second kappa shape index (κ2) is 8.40. The Hall–Kier alpha value is -2.99. The zero-order valence-electron chi connectivity index (χ0n) is 14.7. The lowest BCUT2D eigenvalue weighted by atomic mass is 10.1. The number of aromatic nitrogens is 2. The fourth-order valence-corrected chi connectivity index (χ4v) is 2.76. The summed E-state index contributed by atoms with van der Waals surface area (Å²) in [5.41, 5.74) is 2.36. The minimum absolute atomic E-state index is 0.129. The number of nitrogens with zero attached hydrogens (tertiary/aromatic N) is 2. The largest absolute Gasteiger partial charge is 0.326 e. The Morgan fingerprint density at radius 1 is 1.12 bits per heavy atom. The van der Waals surface area contributed by atoms with Gasteiger partial charge >= 0.3 is 0 Å². The van der Waals surface area contributed by atoms with E-state index in [0.717, 1.165) is 17.8 Å². The van der Waals surface area contributed by atoms with Crippen molar-refractivity contribution < 1.29 is 4.79 Å². The standard InChI is InChI=1S/C20H22N4O2/c1-2-21-13-15-7-3-5-9-17(15)23-19(25)11-12-24-14-22-18-10-6-4-8-16(18)20(24)26/h3-10,14,21H,2,11-13H2,1H3,(H,23,25). The first-order valence-electron chi connectivity index (χ1n) is 8.71. The third-order valence-corrected chi connectivity index (χ3v) is 4.17. The third-order valence-electron chi connectivity index (χ3n) is 4.17. The maximum absolute atomic E-state index is 12.5. The molecule has 0 atom stereocenters. The van der Waals surface area contributed by atoms with E-state index in [1.54, 1.807) is 12.1 Å². The molecule has 0 aliphatic rings. The Morgan fingerprint density at radius 3 is 2.73 bits per heavy atom. The van der Waals surface area contributed by atoms with E-state index >= 15 is 0 Å². The number of benzene rings is 2. The monoisotopic (exact) mass is 350 g/mol. The first-order chi connectivity index (χ1) is 12.7. The van der Waals surface area contributed by atoms with Crippen LogP contribution in [0.25, 0.3) is 10.9 Å². The number of fused-ring (bicyclic) bond motifs is 1. The van der Waals surface area contributed by atoms with E-state index in [-0.39, 0.29) is 24.4 Å². The molecule has 0 aliphatic carbocycles. The molecule has 6 heteroatoms. The van der Waals surface area contributed by atoms with Gasteiger partial charge in [0.25, 0.3) is 5.56 Å². The predicted octanol–water partition coefficient (Wildman–Crippen LogP) is 2.53. The van der Waals surface area contributed by atoms with Gasteiger partial charge in [0.1, 0.15) is 0 Å². The number of rotatable bonds is 7. The molecule has 1 aromatic heterocycles. The first-order valence-corrected chi connectivity index (χ1v) is 8.71. The minimum atomic E-state index is -0.131. The lowest BCUT2D eigenvalue weighted by Crippen LogP contribution is -2.24. The zero-order chi connectivity index (χ0) is 18.4. The van der Waals surface area contributed by atoms with Crippen LogP contribution in [0.15, 0.2) is 59.7 Å². The molecule has 2 aromatic carbocycles. The van der Waals surface area contributed by atoms with Gasteiger partial charge in [0, 0.05) is 25.2 Å². The van der Waals surface area contributed by atoms with Gasteiger partial charge in [0.2, 0.25) is 5.91 Å². The molecular formula is C20H22N4O2. The second-order valence-corrected chi connectivity index (χ2v) is 6.00. The van der Waals surface area contributed by atoms with Crippen LogP contribution in [0.5, 0.6) is 0 Å². The molecule has 1 heterocycles. The third kappa shape index (κ3) is 4.15. The molecular weight excluding hydrogens is 328 g/mol. The van der Waals surface area contributed by atoms with Crippen LogP contribution in [0, 0.1) is 0 Å². The summed E-state index contributed by atoms with van der Waals surface area (Å²) in [6.07, 6.45) is 1.70. The lowest BCUT2D eigenvalue weighted by molar-refractivity contribution is -0.116. The number of nitrogens with one attached hydrogen (secondary N) is 2. The highest BCUT2D eigenvalue weighted by atomic mass is 16.2. The number of hydrogen-bond donors (Lipinski definition) is 2. The van der Waals surface area contributed by atoms with Crippen molar-refractivity contribution >= 4 is 22.5 Å². The summed E-state index contributed by atoms with van der Waals surface area (Å²) in [4.78, 5) is 29.0. The van der Waals surface area contributed by atoms with Gasteiger partial charge in [-0.3, -0.25) is 14.2 Å². The summed E-state index contributed by atoms with van der Waals surface area (Å²) in [6, 6.07) is 14.9. The van der Waals surface area contributed by atoms with E-state index < -0.39 is 0 Å². The normalized spacial score (nSPS) is 10.8. The van der Waals surface area contributed by atoms with Crippen LogP contribution >= 0.6 is 0 Å². The van der Waals surface area contributed by atoms with Crippen molar-refractivity contribution in [2.75, 3.05) is 11.9 Å². The average Bonchev–Trinajstić information content (AvgIpc) is 2.67. The summed E-state index contributed by atoms with van der Waals surface area (Å²) in [7, 11) is 0. The van der Waals surface area contributed by atoms with E-state index in [9.17, 15) is 9.59 Å². The lowest BCUT2D eigenvalue weighted by Gasteiger charge is -2.12. The molecule has 0 radical (unpaired) electrons. The molecule has 134 valence electrons. The van der Waals surface area contributed by atoms with Crippen molar-refractivity contribution in [1.29, 1.82) is 0 Å².